The van der Waals surface area contributed by atoms with E-state index in [4.69, 9.17) is 15.2 Å². The third kappa shape index (κ3) is 3.32. The Hall–Kier alpha value is -1.42. The number of methoxy groups -OCH3 is 1. The zero-order chi connectivity index (χ0) is 13.7. The zero-order valence-corrected chi connectivity index (χ0v) is 11.9. The molecule has 1 aromatic rings. The summed E-state index contributed by atoms with van der Waals surface area (Å²) in [5, 5.41) is 0. The Morgan fingerprint density at radius 3 is 3.00 bits per heavy atom. The monoisotopic (exact) mass is 264 g/mol. The predicted octanol–water partition coefficient (Wildman–Crippen LogP) is 2.53. The molecule has 4 heteroatoms. The molecule has 0 aliphatic carbocycles. The third-order valence-corrected chi connectivity index (χ3v) is 3.53. The first-order chi connectivity index (χ1) is 9.26. The van der Waals surface area contributed by atoms with Crippen molar-refractivity contribution < 1.29 is 9.47 Å². The SMILES string of the molecule is CCCOc1cccc(N2CCC(COC)C2)c1N. The Bertz CT molecular complexity index is 409. The topological polar surface area (TPSA) is 47.7 Å². The summed E-state index contributed by atoms with van der Waals surface area (Å²) in [6.45, 7) is 5.67. The van der Waals surface area contributed by atoms with Gasteiger partial charge in [-0.25, -0.2) is 0 Å². The lowest BCUT2D eigenvalue weighted by molar-refractivity contribution is 0.161. The van der Waals surface area contributed by atoms with Crippen LogP contribution in [0.1, 0.15) is 19.8 Å². The summed E-state index contributed by atoms with van der Waals surface area (Å²) in [5.74, 6) is 1.40. The second kappa shape index (κ2) is 6.66. The van der Waals surface area contributed by atoms with Crippen molar-refractivity contribution in [3.63, 3.8) is 0 Å². The Kier molecular flexibility index (Phi) is 4.91. The van der Waals surface area contributed by atoms with Gasteiger partial charge in [0, 0.05) is 26.1 Å². The molecule has 0 bridgehead atoms. The Labute approximate surface area is 115 Å². The molecular weight excluding hydrogens is 240 g/mol. The first kappa shape index (κ1) is 14.0. The Balaban J connectivity index is 2.08. The van der Waals surface area contributed by atoms with E-state index in [9.17, 15) is 0 Å². The molecule has 2 N–H and O–H groups in total. The van der Waals surface area contributed by atoms with Crippen molar-refractivity contribution in [2.24, 2.45) is 5.92 Å². The van der Waals surface area contributed by atoms with Crippen molar-refractivity contribution in [1.82, 2.24) is 0 Å². The fourth-order valence-electron chi connectivity index (χ4n) is 2.57. The molecule has 1 aromatic carbocycles. The number of nitrogen functional groups attached to an aromatic ring is 1. The standard InChI is InChI=1S/C15H24N2O2/c1-3-9-19-14-6-4-5-13(15(14)16)17-8-7-12(10-17)11-18-2/h4-6,12H,3,7-11,16H2,1-2H3. The molecule has 1 aliphatic heterocycles. The zero-order valence-electron chi connectivity index (χ0n) is 11.9. The number of ether oxygens (including phenoxy) is 2. The fraction of sp³-hybridized carbons (Fsp3) is 0.600. The number of hydrogen-bond acceptors (Lipinski definition) is 4. The maximum Gasteiger partial charge on any atom is 0.144 e. The molecule has 1 atom stereocenters. The van der Waals surface area contributed by atoms with E-state index in [0.29, 0.717) is 12.5 Å². The molecule has 0 aromatic heterocycles. The van der Waals surface area contributed by atoms with E-state index in [2.05, 4.69) is 17.9 Å². The van der Waals surface area contributed by atoms with Crippen LogP contribution in [0.15, 0.2) is 18.2 Å². The van der Waals surface area contributed by atoms with Crippen LogP contribution in [0, 0.1) is 5.92 Å². The molecule has 106 valence electrons. The minimum atomic E-state index is 0.601. The minimum absolute atomic E-state index is 0.601. The number of benzene rings is 1. The highest BCUT2D eigenvalue weighted by Gasteiger charge is 2.24. The highest BCUT2D eigenvalue weighted by atomic mass is 16.5. The van der Waals surface area contributed by atoms with Crippen molar-refractivity contribution >= 4 is 11.4 Å². The van der Waals surface area contributed by atoms with Crippen molar-refractivity contribution in [1.29, 1.82) is 0 Å². The first-order valence-electron chi connectivity index (χ1n) is 7.01. The molecule has 1 unspecified atom stereocenters. The molecule has 0 saturated carbocycles. The number of hydrogen-bond donors (Lipinski definition) is 1. The lowest BCUT2D eigenvalue weighted by Gasteiger charge is -2.22. The number of anilines is 2. The average molecular weight is 264 g/mol. The maximum atomic E-state index is 6.23. The van der Waals surface area contributed by atoms with Gasteiger partial charge in [-0.2, -0.15) is 0 Å². The predicted molar refractivity (Wildman–Crippen MR) is 78.8 cm³/mol. The second-order valence-electron chi connectivity index (χ2n) is 5.09. The van der Waals surface area contributed by atoms with Crippen molar-refractivity contribution in [3.8, 4) is 5.75 Å². The first-order valence-corrected chi connectivity index (χ1v) is 7.01. The van der Waals surface area contributed by atoms with E-state index in [0.717, 1.165) is 49.7 Å². The van der Waals surface area contributed by atoms with Crippen molar-refractivity contribution in [3.05, 3.63) is 18.2 Å². The van der Waals surface area contributed by atoms with Gasteiger partial charge in [-0.15, -0.1) is 0 Å². The van der Waals surface area contributed by atoms with Crippen LogP contribution in [0.25, 0.3) is 0 Å². The van der Waals surface area contributed by atoms with Crippen LogP contribution in [0.2, 0.25) is 0 Å². The molecule has 0 radical (unpaired) electrons. The van der Waals surface area contributed by atoms with Crippen molar-refractivity contribution in [2.75, 3.05) is 44.0 Å². The van der Waals surface area contributed by atoms with Gasteiger partial charge in [0.15, 0.2) is 0 Å². The van der Waals surface area contributed by atoms with Crippen LogP contribution >= 0.6 is 0 Å². The molecule has 0 spiro atoms. The van der Waals surface area contributed by atoms with Crippen LogP contribution in [-0.4, -0.2) is 33.4 Å². The van der Waals surface area contributed by atoms with Crippen LogP contribution in [0.4, 0.5) is 11.4 Å². The fourth-order valence-corrected chi connectivity index (χ4v) is 2.57. The summed E-state index contributed by atoms with van der Waals surface area (Å²) in [4.78, 5) is 2.33. The van der Waals surface area contributed by atoms with Crippen LogP contribution < -0.4 is 15.4 Å². The van der Waals surface area contributed by atoms with Gasteiger partial charge in [0.2, 0.25) is 0 Å². The molecule has 0 amide bonds. The number of para-hydroxylation sites is 1. The van der Waals surface area contributed by atoms with Gasteiger partial charge >= 0.3 is 0 Å². The summed E-state index contributed by atoms with van der Waals surface area (Å²) >= 11 is 0. The van der Waals surface area contributed by atoms with Gasteiger partial charge in [-0.3, -0.25) is 0 Å². The van der Waals surface area contributed by atoms with Gasteiger partial charge in [0.1, 0.15) is 5.75 Å². The number of nitrogens with two attached hydrogens (primary N) is 1. The van der Waals surface area contributed by atoms with E-state index in [1.807, 2.05) is 12.1 Å². The summed E-state index contributed by atoms with van der Waals surface area (Å²) in [5.41, 5.74) is 8.07. The molecule has 4 nitrogen and oxygen atoms in total. The molecular formula is C15H24N2O2. The quantitative estimate of drug-likeness (QED) is 0.802. The van der Waals surface area contributed by atoms with Crippen LogP contribution in [0.5, 0.6) is 5.75 Å². The average Bonchev–Trinajstić information content (AvgIpc) is 2.86. The highest BCUT2D eigenvalue weighted by Crippen LogP contribution is 2.35. The van der Waals surface area contributed by atoms with E-state index in [1.165, 1.54) is 0 Å². The van der Waals surface area contributed by atoms with Gasteiger partial charge in [0.25, 0.3) is 0 Å². The lowest BCUT2D eigenvalue weighted by atomic mass is 10.1. The van der Waals surface area contributed by atoms with Gasteiger partial charge in [-0.05, 0) is 25.0 Å². The Morgan fingerprint density at radius 2 is 2.26 bits per heavy atom. The lowest BCUT2D eigenvalue weighted by Crippen LogP contribution is -2.22. The number of nitrogens with zero attached hydrogens (tertiary/aromatic N) is 1. The normalized spacial score (nSPS) is 18.8. The molecule has 1 heterocycles. The van der Waals surface area contributed by atoms with E-state index in [-0.39, 0.29) is 0 Å². The Morgan fingerprint density at radius 1 is 1.42 bits per heavy atom. The van der Waals surface area contributed by atoms with Crippen LogP contribution in [-0.2, 0) is 4.74 Å². The van der Waals surface area contributed by atoms with Gasteiger partial charge in [-0.1, -0.05) is 13.0 Å². The highest BCUT2D eigenvalue weighted by molar-refractivity contribution is 5.74. The van der Waals surface area contributed by atoms with Gasteiger partial charge in [0.05, 0.1) is 24.6 Å². The molecule has 2 rings (SSSR count). The van der Waals surface area contributed by atoms with Crippen LogP contribution in [0.3, 0.4) is 0 Å². The molecule has 1 fully saturated rings. The second-order valence-corrected chi connectivity index (χ2v) is 5.09. The van der Waals surface area contributed by atoms with E-state index >= 15 is 0 Å². The summed E-state index contributed by atoms with van der Waals surface area (Å²) in [6, 6.07) is 6.03. The minimum Gasteiger partial charge on any atom is -0.491 e. The number of rotatable bonds is 6. The molecule has 1 saturated heterocycles. The summed E-state index contributed by atoms with van der Waals surface area (Å²) < 4.78 is 10.9. The van der Waals surface area contributed by atoms with E-state index in [1.54, 1.807) is 7.11 Å². The van der Waals surface area contributed by atoms with E-state index < -0.39 is 0 Å². The molecule has 19 heavy (non-hydrogen) atoms. The third-order valence-electron chi connectivity index (χ3n) is 3.53. The largest absolute Gasteiger partial charge is 0.491 e. The maximum absolute atomic E-state index is 6.23. The summed E-state index contributed by atoms with van der Waals surface area (Å²) in [7, 11) is 1.76. The smallest absolute Gasteiger partial charge is 0.144 e. The van der Waals surface area contributed by atoms with Gasteiger partial charge < -0.3 is 20.1 Å². The molecule has 1 aliphatic rings. The summed E-state index contributed by atoms with van der Waals surface area (Å²) in [6.07, 6.45) is 2.15. The van der Waals surface area contributed by atoms with Crippen molar-refractivity contribution in [2.45, 2.75) is 19.8 Å².